The van der Waals surface area contributed by atoms with E-state index >= 15 is 0 Å². The Labute approximate surface area is 307 Å². The fourth-order valence-electron chi connectivity index (χ4n) is 6.27. The van der Waals surface area contributed by atoms with Crippen molar-refractivity contribution < 1.29 is 33.5 Å². The van der Waals surface area contributed by atoms with Crippen LogP contribution in [0.2, 0.25) is 0 Å². The number of carbonyl (C=O) groups excluding carboxylic acids is 3. The van der Waals surface area contributed by atoms with Crippen LogP contribution in [0.3, 0.4) is 0 Å². The Morgan fingerprint density at radius 3 is 1.64 bits per heavy atom. The molecule has 1 aromatic heterocycles. The van der Waals surface area contributed by atoms with Crippen LogP contribution in [0.15, 0.2) is 113 Å². The summed E-state index contributed by atoms with van der Waals surface area (Å²) in [6.45, 7) is 8.40. The van der Waals surface area contributed by atoms with Gasteiger partial charge in [-0.05, 0) is 78.7 Å². The SMILES string of the molecule is CCOCCC(=NOC(C)=O)c1ccc(-n2c3ccc(C(=O)c4ccc5ccccc5c4)cc3c3cc(C(CCOCC)=NOC(C)=O)ccc32)cc1. The van der Waals surface area contributed by atoms with Gasteiger partial charge in [-0.1, -0.05) is 64.9 Å². The molecule has 0 aliphatic carbocycles. The van der Waals surface area contributed by atoms with E-state index in [1.807, 2.05) is 117 Å². The Hall–Kier alpha value is -5.97. The van der Waals surface area contributed by atoms with E-state index in [0.29, 0.717) is 61.8 Å². The lowest BCUT2D eigenvalue weighted by Gasteiger charge is -2.11. The molecule has 0 atom stereocenters. The minimum atomic E-state index is -0.518. The number of oxime groups is 2. The van der Waals surface area contributed by atoms with Gasteiger partial charge in [0.15, 0.2) is 5.78 Å². The summed E-state index contributed by atoms with van der Waals surface area (Å²) in [6.07, 6.45) is 0.895. The van der Waals surface area contributed by atoms with Gasteiger partial charge in [-0.2, -0.15) is 0 Å². The molecule has 10 heteroatoms. The molecule has 0 amide bonds. The highest BCUT2D eigenvalue weighted by atomic mass is 16.7. The molecule has 0 aliphatic rings. The van der Waals surface area contributed by atoms with Crippen molar-refractivity contribution in [2.75, 3.05) is 26.4 Å². The normalized spacial score (nSPS) is 12.1. The molecule has 0 aliphatic heterocycles. The Bertz CT molecular complexity index is 2360. The molecule has 0 unspecified atom stereocenters. The van der Waals surface area contributed by atoms with Gasteiger partial charge in [0, 0.05) is 73.1 Å². The number of hydrogen-bond donors (Lipinski definition) is 0. The summed E-state index contributed by atoms with van der Waals surface area (Å²) in [4.78, 5) is 47.3. The number of ether oxygens (including phenoxy) is 2. The summed E-state index contributed by atoms with van der Waals surface area (Å²) in [5.41, 5.74) is 6.53. The van der Waals surface area contributed by atoms with E-state index in [-0.39, 0.29) is 5.78 Å². The van der Waals surface area contributed by atoms with E-state index in [4.69, 9.17) is 19.1 Å². The van der Waals surface area contributed by atoms with Crippen molar-refractivity contribution in [1.82, 2.24) is 4.57 Å². The Morgan fingerprint density at radius 2 is 1.06 bits per heavy atom. The molecule has 270 valence electrons. The van der Waals surface area contributed by atoms with E-state index in [1.54, 1.807) is 0 Å². The van der Waals surface area contributed by atoms with Gasteiger partial charge >= 0.3 is 11.9 Å². The minimum absolute atomic E-state index is 0.0838. The van der Waals surface area contributed by atoms with Crippen molar-refractivity contribution in [1.29, 1.82) is 0 Å². The maximum Gasteiger partial charge on any atom is 0.331 e. The maximum absolute atomic E-state index is 14.0. The number of nitrogens with zero attached hydrogens (tertiary/aromatic N) is 3. The van der Waals surface area contributed by atoms with Crippen LogP contribution < -0.4 is 0 Å². The van der Waals surface area contributed by atoms with E-state index in [2.05, 4.69) is 14.9 Å². The first-order valence-corrected chi connectivity index (χ1v) is 17.6. The summed E-state index contributed by atoms with van der Waals surface area (Å²) < 4.78 is 13.3. The highest BCUT2D eigenvalue weighted by molar-refractivity contribution is 6.17. The van der Waals surface area contributed by atoms with Crippen LogP contribution in [-0.4, -0.2) is 60.1 Å². The fraction of sp³-hybridized carbons (Fsp3) is 0.233. The van der Waals surface area contributed by atoms with Crippen LogP contribution in [-0.2, 0) is 28.7 Å². The Kier molecular flexibility index (Phi) is 11.8. The molecule has 0 radical (unpaired) electrons. The molecule has 10 nitrogen and oxygen atoms in total. The quantitative estimate of drug-likeness (QED) is 0.0344. The van der Waals surface area contributed by atoms with E-state index in [9.17, 15) is 14.4 Å². The molecular weight excluding hydrogens is 670 g/mol. The third-order valence-electron chi connectivity index (χ3n) is 8.77. The second kappa shape index (κ2) is 17.0. The molecule has 0 fully saturated rings. The van der Waals surface area contributed by atoms with Crippen molar-refractivity contribution in [3.05, 3.63) is 125 Å². The second-order valence-corrected chi connectivity index (χ2v) is 12.4. The van der Waals surface area contributed by atoms with Crippen LogP contribution in [0.25, 0.3) is 38.3 Å². The molecule has 0 saturated carbocycles. The first-order chi connectivity index (χ1) is 25.8. The van der Waals surface area contributed by atoms with Gasteiger partial charge in [-0.25, -0.2) is 9.59 Å². The predicted octanol–water partition coefficient (Wildman–Crippen LogP) is 8.56. The van der Waals surface area contributed by atoms with Gasteiger partial charge in [-0.15, -0.1) is 0 Å². The molecular formula is C43H41N3O7. The van der Waals surface area contributed by atoms with Crippen molar-refractivity contribution >= 4 is 61.7 Å². The minimum Gasteiger partial charge on any atom is -0.381 e. The standard InChI is InChI=1S/C43H41N3O7/c1-5-50-23-21-39(44-52-28(3)47)31-13-17-36(18-14-31)46-41-19-15-33(40(22-24-51-6-2)45-53-29(4)48)26-37(41)38-27-35(16-20-42(38)46)43(49)34-12-11-30-9-7-8-10-32(30)25-34/h7-20,25-27H,5-6,21-24H2,1-4H3. The van der Waals surface area contributed by atoms with E-state index < -0.39 is 11.9 Å². The van der Waals surface area contributed by atoms with Crippen molar-refractivity contribution in [3.63, 3.8) is 0 Å². The summed E-state index contributed by atoms with van der Waals surface area (Å²) in [5, 5.41) is 12.1. The van der Waals surface area contributed by atoms with Crippen LogP contribution in [0.4, 0.5) is 0 Å². The van der Waals surface area contributed by atoms with E-state index in [1.165, 1.54) is 13.8 Å². The van der Waals surface area contributed by atoms with Gasteiger partial charge in [0.1, 0.15) is 0 Å². The van der Waals surface area contributed by atoms with Crippen LogP contribution >= 0.6 is 0 Å². The largest absolute Gasteiger partial charge is 0.381 e. The summed E-state index contributed by atoms with van der Waals surface area (Å²) in [7, 11) is 0. The van der Waals surface area contributed by atoms with Gasteiger partial charge in [-0.3, -0.25) is 4.79 Å². The highest BCUT2D eigenvalue weighted by Gasteiger charge is 2.19. The summed E-state index contributed by atoms with van der Waals surface area (Å²) >= 11 is 0. The zero-order valence-electron chi connectivity index (χ0n) is 30.3. The lowest BCUT2D eigenvalue weighted by atomic mass is 9.98. The Balaban J connectivity index is 1.48. The molecule has 6 rings (SSSR count). The van der Waals surface area contributed by atoms with Gasteiger partial charge in [0.25, 0.3) is 0 Å². The number of carbonyl (C=O) groups is 3. The van der Waals surface area contributed by atoms with Crippen molar-refractivity contribution in [3.8, 4) is 5.69 Å². The predicted molar refractivity (Wildman–Crippen MR) is 207 cm³/mol. The fourth-order valence-corrected chi connectivity index (χ4v) is 6.27. The number of ketones is 1. The molecule has 0 spiro atoms. The van der Waals surface area contributed by atoms with Crippen molar-refractivity contribution in [2.24, 2.45) is 10.3 Å². The number of fused-ring (bicyclic) bond motifs is 4. The summed E-state index contributed by atoms with van der Waals surface area (Å²) in [6, 6.07) is 33.3. The zero-order valence-corrected chi connectivity index (χ0v) is 30.3. The van der Waals surface area contributed by atoms with Crippen molar-refractivity contribution in [2.45, 2.75) is 40.5 Å². The summed E-state index contributed by atoms with van der Waals surface area (Å²) in [5.74, 6) is -1.10. The first kappa shape index (κ1) is 36.8. The average molecular weight is 712 g/mol. The van der Waals surface area contributed by atoms with Gasteiger partial charge < -0.3 is 23.7 Å². The van der Waals surface area contributed by atoms with E-state index in [0.717, 1.165) is 49.4 Å². The number of aromatic nitrogens is 1. The lowest BCUT2D eigenvalue weighted by Crippen LogP contribution is -2.09. The third kappa shape index (κ3) is 8.57. The molecule has 5 aromatic carbocycles. The Morgan fingerprint density at radius 1 is 0.566 bits per heavy atom. The molecule has 0 saturated heterocycles. The molecule has 0 bridgehead atoms. The topological polar surface area (TPSA) is 118 Å². The highest BCUT2D eigenvalue weighted by Crippen LogP contribution is 2.34. The number of benzene rings is 5. The van der Waals surface area contributed by atoms with Gasteiger partial charge in [0.05, 0.1) is 35.7 Å². The van der Waals surface area contributed by atoms with Gasteiger partial charge in [0.2, 0.25) is 0 Å². The monoisotopic (exact) mass is 711 g/mol. The maximum atomic E-state index is 14.0. The number of rotatable bonds is 15. The average Bonchev–Trinajstić information content (AvgIpc) is 3.50. The second-order valence-electron chi connectivity index (χ2n) is 12.4. The van der Waals surface area contributed by atoms with Crippen LogP contribution in [0, 0.1) is 0 Å². The molecule has 1 heterocycles. The van der Waals surface area contributed by atoms with Crippen LogP contribution in [0.1, 0.15) is 67.6 Å². The molecule has 53 heavy (non-hydrogen) atoms. The smallest absolute Gasteiger partial charge is 0.331 e. The zero-order chi connectivity index (χ0) is 37.3. The number of hydrogen-bond acceptors (Lipinski definition) is 9. The first-order valence-electron chi connectivity index (χ1n) is 17.6. The molecule has 6 aromatic rings. The molecule has 0 N–H and O–H groups in total. The van der Waals surface area contributed by atoms with Crippen LogP contribution in [0.5, 0.6) is 0 Å². The lowest BCUT2D eigenvalue weighted by molar-refractivity contribution is -0.141. The third-order valence-corrected chi connectivity index (χ3v) is 8.77.